The average molecular weight is 262 g/mol. The van der Waals surface area contributed by atoms with Gasteiger partial charge in [-0.3, -0.25) is 4.79 Å². The molecule has 1 amide bonds. The molecule has 1 unspecified atom stereocenters. The zero-order chi connectivity index (χ0) is 14.1. The molecule has 4 nitrogen and oxygen atoms in total. The normalized spacial score (nSPS) is 11.6. The molecule has 1 atom stereocenters. The number of nitrogens with two attached hydrogens (primary N) is 1. The largest absolute Gasteiger partial charge is 0.493 e. The number of nitrogens with one attached hydrogen (secondary N) is 1. The molecular formula is C15H22N2O2. The third-order valence-corrected chi connectivity index (χ3v) is 2.69. The Bertz CT molecular complexity index is 401. The smallest absolute Gasteiger partial charge is 0.220 e. The molecule has 0 fully saturated rings. The van der Waals surface area contributed by atoms with Crippen molar-refractivity contribution in [3.05, 3.63) is 36.9 Å². The number of hydrogen-bond acceptors (Lipinski definition) is 3. The lowest BCUT2D eigenvalue weighted by atomic mass is 10.1. The van der Waals surface area contributed by atoms with E-state index < -0.39 is 0 Å². The second-order valence-electron chi connectivity index (χ2n) is 4.50. The summed E-state index contributed by atoms with van der Waals surface area (Å²) in [7, 11) is 0. The Kier molecular flexibility index (Phi) is 6.50. The molecule has 4 heteroatoms. The lowest BCUT2D eigenvalue weighted by Crippen LogP contribution is -2.15. The number of rotatable bonds is 9. The number of carbonyl (C=O) groups is 1. The average Bonchev–Trinajstić information content (AvgIpc) is 2.38. The van der Waals surface area contributed by atoms with Crippen molar-refractivity contribution >= 4 is 11.6 Å². The molecule has 0 aromatic heterocycles. The summed E-state index contributed by atoms with van der Waals surface area (Å²) in [4.78, 5) is 10.6. The van der Waals surface area contributed by atoms with Gasteiger partial charge in [-0.1, -0.05) is 6.08 Å². The maximum Gasteiger partial charge on any atom is 0.220 e. The summed E-state index contributed by atoms with van der Waals surface area (Å²) in [6, 6.07) is 8.08. The molecular weight excluding hydrogens is 240 g/mol. The molecule has 0 aliphatic carbocycles. The van der Waals surface area contributed by atoms with Crippen molar-refractivity contribution < 1.29 is 9.53 Å². The van der Waals surface area contributed by atoms with E-state index in [0.29, 0.717) is 12.6 Å². The number of benzene rings is 1. The van der Waals surface area contributed by atoms with Gasteiger partial charge in [0.1, 0.15) is 5.75 Å². The van der Waals surface area contributed by atoms with Gasteiger partial charge in [0, 0.05) is 11.7 Å². The predicted octanol–water partition coefficient (Wildman–Crippen LogP) is 2.71. The molecule has 0 heterocycles. The number of hydrogen-bond donors (Lipinski definition) is 2. The summed E-state index contributed by atoms with van der Waals surface area (Å²) < 4.78 is 5.40. The summed E-state index contributed by atoms with van der Waals surface area (Å²) in [5, 5.41) is 3.40. The third kappa shape index (κ3) is 6.50. The van der Waals surface area contributed by atoms with E-state index in [1.54, 1.807) is 0 Å². The molecule has 0 bridgehead atoms. The second-order valence-corrected chi connectivity index (χ2v) is 4.50. The van der Waals surface area contributed by atoms with Crippen LogP contribution in [-0.2, 0) is 4.79 Å². The fourth-order valence-electron chi connectivity index (χ4n) is 1.64. The fourth-order valence-corrected chi connectivity index (χ4v) is 1.64. The Morgan fingerprint density at radius 2 is 2.16 bits per heavy atom. The summed E-state index contributed by atoms with van der Waals surface area (Å²) in [6.07, 6.45) is 4.22. The highest BCUT2D eigenvalue weighted by Crippen LogP contribution is 2.17. The van der Waals surface area contributed by atoms with E-state index in [9.17, 15) is 4.79 Å². The van der Waals surface area contributed by atoms with Crippen molar-refractivity contribution in [3.8, 4) is 5.75 Å². The van der Waals surface area contributed by atoms with Crippen LogP contribution in [0, 0.1) is 0 Å². The van der Waals surface area contributed by atoms with Crippen LogP contribution in [0.25, 0.3) is 0 Å². The minimum absolute atomic E-state index is 0.235. The minimum Gasteiger partial charge on any atom is -0.493 e. The van der Waals surface area contributed by atoms with Crippen molar-refractivity contribution in [3.63, 3.8) is 0 Å². The van der Waals surface area contributed by atoms with Gasteiger partial charge in [-0.2, -0.15) is 0 Å². The molecule has 0 spiro atoms. The molecule has 0 radical (unpaired) electrons. The van der Waals surface area contributed by atoms with E-state index in [2.05, 4.69) is 18.8 Å². The second kappa shape index (κ2) is 8.19. The quantitative estimate of drug-likeness (QED) is 0.672. The highest BCUT2D eigenvalue weighted by atomic mass is 16.5. The van der Waals surface area contributed by atoms with Crippen LogP contribution in [0.15, 0.2) is 36.9 Å². The Hall–Kier alpha value is -1.97. The van der Waals surface area contributed by atoms with Gasteiger partial charge in [-0.25, -0.2) is 0 Å². The van der Waals surface area contributed by atoms with Crippen LogP contribution in [0.3, 0.4) is 0 Å². The first-order valence-corrected chi connectivity index (χ1v) is 6.50. The lowest BCUT2D eigenvalue weighted by molar-refractivity contribution is -0.118. The molecule has 0 saturated carbocycles. The standard InChI is InChI=1S/C15H22N2O2/c1-3-4-5-12(2)17-13-6-8-14(9-7-13)19-11-10-15(16)18/h3,6-9,12,17H,1,4-5,10-11H2,2H3,(H2,16,18). The van der Waals surface area contributed by atoms with Crippen LogP contribution in [0.5, 0.6) is 5.75 Å². The molecule has 0 saturated heterocycles. The highest BCUT2D eigenvalue weighted by Gasteiger charge is 2.01. The molecule has 1 aromatic carbocycles. The van der Waals surface area contributed by atoms with Gasteiger partial charge in [0.2, 0.25) is 5.91 Å². The molecule has 1 aromatic rings. The minimum atomic E-state index is -0.352. The first kappa shape index (κ1) is 15.1. The zero-order valence-electron chi connectivity index (χ0n) is 11.4. The van der Waals surface area contributed by atoms with E-state index in [1.165, 1.54) is 0 Å². The van der Waals surface area contributed by atoms with Crippen LogP contribution in [0.1, 0.15) is 26.2 Å². The summed E-state index contributed by atoms with van der Waals surface area (Å²) in [5.74, 6) is 0.389. The fraction of sp³-hybridized carbons (Fsp3) is 0.400. The van der Waals surface area contributed by atoms with E-state index in [0.717, 1.165) is 24.3 Å². The van der Waals surface area contributed by atoms with Gasteiger partial charge in [0.05, 0.1) is 13.0 Å². The molecule has 19 heavy (non-hydrogen) atoms. The van der Waals surface area contributed by atoms with E-state index in [1.807, 2.05) is 30.3 Å². The van der Waals surface area contributed by atoms with Crippen LogP contribution < -0.4 is 15.8 Å². The molecule has 0 aliphatic rings. The Morgan fingerprint density at radius 3 is 2.74 bits per heavy atom. The van der Waals surface area contributed by atoms with Gasteiger partial charge >= 0.3 is 0 Å². The highest BCUT2D eigenvalue weighted by molar-refractivity contribution is 5.73. The number of ether oxygens (including phenoxy) is 1. The Balaban J connectivity index is 2.38. The molecule has 3 N–H and O–H groups in total. The van der Waals surface area contributed by atoms with Crippen LogP contribution in [-0.4, -0.2) is 18.6 Å². The van der Waals surface area contributed by atoms with Crippen LogP contribution in [0.4, 0.5) is 5.69 Å². The van der Waals surface area contributed by atoms with Crippen molar-refractivity contribution in [2.24, 2.45) is 5.73 Å². The van der Waals surface area contributed by atoms with Gasteiger partial charge in [0.15, 0.2) is 0 Å². The third-order valence-electron chi connectivity index (χ3n) is 2.69. The first-order chi connectivity index (χ1) is 9.11. The molecule has 1 rings (SSSR count). The first-order valence-electron chi connectivity index (χ1n) is 6.50. The van der Waals surface area contributed by atoms with Gasteiger partial charge in [-0.05, 0) is 44.0 Å². The zero-order valence-corrected chi connectivity index (χ0v) is 11.4. The van der Waals surface area contributed by atoms with E-state index in [4.69, 9.17) is 10.5 Å². The van der Waals surface area contributed by atoms with Gasteiger partial charge in [-0.15, -0.1) is 6.58 Å². The maximum absolute atomic E-state index is 10.6. The van der Waals surface area contributed by atoms with Crippen molar-refractivity contribution in [2.45, 2.75) is 32.2 Å². The Labute approximate surface area is 114 Å². The number of allylic oxidation sites excluding steroid dienone is 1. The number of carbonyl (C=O) groups excluding carboxylic acids is 1. The van der Waals surface area contributed by atoms with E-state index >= 15 is 0 Å². The van der Waals surface area contributed by atoms with Crippen LogP contribution in [0.2, 0.25) is 0 Å². The van der Waals surface area contributed by atoms with Crippen molar-refractivity contribution in [2.75, 3.05) is 11.9 Å². The SMILES string of the molecule is C=CCCC(C)Nc1ccc(OCCC(N)=O)cc1. The number of amides is 1. The summed E-state index contributed by atoms with van der Waals surface area (Å²) in [6.45, 7) is 6.17. The van der Waals surface area contributed by atoms with Crippen LogP contribution >= 0.6 is 0 Å². The van der Waals surface area contributed by atoms with E-state index in [-0.39, 0.29) is 12.3 Å². The monoisotopic (exact) mass is 262 g/mol. The van der Waals surface area contributed by atoms with Gasteiger partial charge in [0.25, 0.3) is 0 Å². The predicted molar refractivity (Wildman–Crippen MR) is 78.3 cm³/mol. The van der Waals surface area contributed by atoms with Crippen molar-refractivity contribution in [1.29, 1.82) is 0 Å². The molecule has 104 valence electrons. The topological polar surface area (TPSA) is 64.3 Å². The van der Waals surface area contributed by atoms with Gasteiger partial charge < -0.3 is 15.8 Å². The molecule has 0 aliphatic heterocycles. The summed E-state index contributed by atoms with van der Waals surface area (Å²) >= 11 is 0. The Morgan fingerprint density at radius 1 is 1.47 bits per heavy atom. The number of primary amides is 1. The lowest BCUT2D eigenvalue weighted by Gasteiger charge is -2.14. The maximum atomic E-state index is 10.6. The summed E-state index contributed by atoms with van der Waals surface area (Å²) in [5.41, 5.74) is 6.09. The number of anilines is 1. The van der Waals surface area contributed by atoms with Crippen molar-refractivity contribution in [1.82, 2.24) is 0 Å².